The Hall–Kier alpha value is -1.62. The summed E-state index contributed by atoms with van der Waals surface area (Å²) in [6.45, 7) is 11.4. The summed E-state index contributed by atoms with van der Waals surface area (Å²) in [5, 5.41) is 3.22. The van der Waals surface area contributed by atoms with E-state index in [2.05, 4.69) is 37.7 Å². The number of H-pyrrole nitrogens is 1. The standard InChI is InChI=1S/C16H24N4O/c1-5-7-19-8-6-11-12(10-19)17-14-9-13(16(2,3)4)18-20(14)15(11)21/h9,18H,5-8,10H2,1-4H3. The topological polar surface area (TPSA) is 53.4 Å². The Bertz CT molecular complexity index is 720. The minimum absolute atomic E-state index is 0.0190. The summed E-state index contributed by atoms with van der Waals surface area (Å²) in [6, 6.07) is 2.00. The van der Waals surface area contributed by atoms with Gasteiger partial charge in [0.25, 0.3) is 5.56 Å². The Morgan fingerprint density at radius 1 is 1.38 bits per heavy atom. The summed E-state index contributed by atoms with van der Waals surface area (Å²) in [5.74, 6) is 0. The van der Waals surface area contributed by atoms with E-state index in [9.17, 15) is 4.79 Å². The fourth-order valence-electron chi connectivity index (χ4n) is 2.94. The van der Waals surface area contributed by atoms with Crippen molar-refractivity contribution in [2.24, 2.45) is 0 Å². The molecule has 0 unspecified atom stereocenters. The molecule has 0 bridgehead atoms. The number of aromatic amines is 1. The van der Waals surface area contributed by atoms with Crippen LogP contribution in [0, 0.1) is 0 Å². The SMILES string of the molecule is CCCN1CCc2c(nc3cc(C(C)(C)C)[nH]n3c2=O)C1. The van der Waals surface area contributed by atoms with Crippen molar-refractivity contribution in [3.63, 3.8) is 0 Å². The number of rotatable bonds is 2. The van der Waals surface area contributed by atoms with Crippen LogP contribution in [0.4, 0.5) is 0 Å². The van der Waals surface area contributed by atoms with E-state index < -0.39 is 0 Å². The van der Waals surface area contributed by atoms with Gasteiger partial charge in [-0.15, -0.1) is 0 Å². The van der Waals surface area contributed by atoms with Crippen LogP contribution in [0.3, 0.4) is 0 Å². The Balaban J connectivity index is 2.09. The maximum atomic E-state index is 12.7. The molecule has 0 aliphatic carbocycles. The third-order valence-corrected chi connectivity index (χ3v) is 4.19. The second-order valence-electron chi connectivity index (χ2n) is 6.98. The van der Waals surface area contributed by atoms with Gasteiger partial charge in [-0.25, -0.2) is 9.50 Å². The molecule has 0 aromatic carbocycles. The van der Waals surface area contributed by atoms with Crippen molar-refractivity contribution in [2.45, 2.75) is 52.5 Å². The first-order valence-corrected chi connectivity index (χ1v) is 7.76. The molecule has 0 saturated carbocycles. The van der Waals surface area contributed by atoms with Crippen molar-refractivity contribution in [1.29, 1.82) is 0 Å². The van der Waals surface area contributed by atoms with E-state index in [0.717, 1.165) is 55.1 Å². The zero-order valence-corrected chi connectivity index (χ0v) is 13.4. The molecule has 0 radical (unpaired) electrons. The first kappa shape index (κ1) is 14.3. The van der Waals surface area contributed by atoms with Crippen LogP contribution in [0.1, 0.15) is 51.1 Å². The predicted octanol–water partition coefficient (Wildman–Crippen LogP) is 2.09. The van der Waals surface area contributed by atoms with Crippen molar-refractivity contribution in [1.82, 2.24) is 19.5 Å². The third kappa shape index (κ3) is 2.50. The fraction of sp³-hybridized carbons (Fsp3) is 0.625. The highest BCUT2D eigenvalue weighted by atomic mass is 16.1. The molecular formula is C16H24N4O. The Labute approximate surface area is 125 Å². The van der Waals surface area contributed by atoms with Crippen LogP contribution in [0.15, 0.2) is 10.9 Å². The van der Waals surface area contributed by atoms with E-state index in [4.69, 9.17) is 4.98 Å². The summed E-state index contributed by atoms with van der Waals surface area (Å²) in [6.07, 6.45) is 1.93. The van der Waals surface area contributed by atoms with Gasteiger partial charge in [0.05, 0.1) is 5.69 Å². The van der Waals surface area contributed by atoms with Crippen LogP contribution in [-0.2, 0) is 18.4 Å². The van der Waals surface area contributed by atoms with Crippen LogP contribution in [0.5, 0.6) is 0 Å². The first-order valence-electron chi connectivity index (χ1n) is 7.76. The normalized spacial score (nSPS) is 16.4. The number of fused-ring (bicyclic) bond motifs is 2. The molecule has 1 aliphatic heterocycles. The van der Waals surface area contributed by atoms with Gasteiger partial charge in [0.15, 0.2) is 5.65 Å². The molecule has 3 heterocycles. The average molecular weight is 288 g/mol. The van der Waals surface area contributed by atoms with Crippen molar-refractivity contribution < 1.29 is 0 Å². The van der Waals surface area contributed by atoms with E-state index in [1.165, 1.54) is 0 Å². The molecule has 0 spiro atoms. The Kier molecular flexibility index (Phi) is 3.40. The molecule has 5 nitrogen and oxygen atoms in total. The zero-order valence-electron chi connectivity index (χ0n) is 13.4. The number of hydrogen-bond acceptors (Lipinski definition) is 3. The lowest BCUT2D eigenvalue weighted by Gasteiger charge is -2.26. The second-order valence-corrected chi connectivity index (χ2v) is 6.98. The molecule has 0 saturated heterocycles. The van der Waals surface area contributed by atoms with Gasteiger partial charge in [0.1, 0.15) is 0 Å². The molecule has 114 valence electrons. The van der Waals surface area contributed by atoms with Gasteiger partial charge in [-0.1, -0.05) is 27.7 Å². The molecule has 2 aromatic heterocycles. The van der Waals surface area contributed by atoms with Crippen molar-refractivity contribution in [2.75, 3.05) is 13.1 Å². The minimum atomic E-state index is -0.0190. The molecule has 0 fully saturated rings. The summed E-state index contributed by atoms with van der Waals surface area (Å²) in [5.41, 5.74) is 3.67. The first-order chi connectivity index (χ1) is 9.90. The molecule has 1 aliphatic rings. The third-order valence-electron chi connectivity index (χ3n) is 4.19. The van der Waals surface area contributed by atoms with E-state index in [1.54, 1.807) is 4.52 Å². The quantitative estimate of drug-likeness (QED) is 0.920. The Morgan fingerprint density at radius 3 is 2.81 bits per heavy atom. The minimum Gasteiger partial charge on any atom is -0.297 e. The molecule has 2 aromatic rings. The summed E-state index contributed by atoms with van der Waals surface area (Å²) >= 11 is 0. The highest BCUT2D eigenvalue weighted by Gasteiger charge is 2.23. The number of hydrogen-bond donors (Lipinski definition) is 1. The molecule has 3 rings (SSSR count). The van der Waals surface area contributed by atoms with Gasteiger partial charge >= 0.3 is 0 Å². The van der Waals surface area contributed by atoms with Crippen LogP contribution in [0.25, 0.3) is 5.65 Å². The smallest absolute Gasteiger partial charge is 0.276 e. The highest BCUT2D eigenvalue weighted by molar-refractivity contribution is 5.43. The van der Waals surface area contributed by atoms with Crippen LogP contribution in [-0.4, -0.2) is 32.6 Å². The summed E-state index contributed by atoms with van der Waals surface area (Å²) in [7, 11) is 0. The average Bonchev–Trinajstić information content (AvgIpc) is 2.83. The van der Waals surface area contributed by atoms with Gasteiger partial charge in [0, 0.05) is 35.8 Å². The lowest BCUT2D eigenvalue weighted by atomic mass is 9.93. The largest absolute Gasteiger partial charge is 0.297 e. The molecule has 21 heavy (non-hydrogen) atoms. The fourth-order valence-corrected chi connectivity index (χ4v) is 2.94. The van der Waals surface area contributed by atoms with Gasteiger partial charge in [-0.2, -0.15) is 0 Å². The van der Waals surface area contributed by atoms with E-state index in [-0.39, 0.29) is 11.0 Å². The second kappa shape index (κ2) is 4.98. The number of nitrogens with zero attached hydrogens (tertiary/aromatic N) is 3. The molecule has 5 heteroatoms. The maximum absolute atomic E-state index is 12.7. The van der Waals surface area contributed by atoms with Crippen molar-refractivity contribution in [3.8, 4) is 0 Å². The zero-order chi connectivity index (χ0) is 15.2. The molecule has 0 atom stereocenters. The van der Waals surface area contributed by atoms with Crippen LogP contribution >= 0.6 is 0 Å². The number of nitrogens with one attached hydrogen (secondary N) is 1. The summed E-state index contributed by atoms with van der Waals surface area (Å²) < 4.78 is 1.61. The lowest BCUT2D eigenvalue weighted by molar-refractivity contribution is 0.250. The van der Waals surface area contributed by atoms with E-state index in [1.807, 2.05) is 6.07 Å². The van der Waals surface area contributed by atoms with Crippen molar-refractivity contribution >= 4 is 5.65 Å². The van der Waals surface area contributed by atoms with Gasteiger partial charge in [-0.05, 0) is 19.4 Å². The van der Waals surface area contributed by atoms with E-state index >= 15 is 0 Å². The van der Waals surface area contributed by atoms with Crippen molar-refractivity contribution in [3.05, 3.63) is 33.4 Å². The maximum Gasteiger partial charge on any atom is 0.276 e. The van der Waals surface area contributed by atoms with Gasteiger partial charge in [-0.3, -0.25) is 14.8 Å². The predicted molar refractivity (Wildman–Crippen MR) is 83.8 cm³/mol. The summed E-state index contributed by atoms with van der Waals surface area (Å²) in [4.78, 5) is 19.8. The lowest BCUT2D eigenvalue weighted by Crippen LogP contribution is -2.36. The highest BCUT2D eigenvalue weighted by Crippen LogP contribution is 2.22. The van der Waals surface area contributed by atoms with Crippen LogP contribution < -0.4 is 5.56 Å². The molecule has 1 N–H and O–H groups in total. The Morgan fingerprint density at radius 2 is 2.14 bits per heavy atom. The van der Waals surface area contributed by atoms with Crippen LogP contribution in [0.2, 0.25) is 0 Å². The monoisotopic (exact) mass is 288 g/mol. The van der Waals surface area contributed by atoms with E-state index in [0.29, 0.717) is 0 Å². The number of aromatic nitrogens is 3. The van der Waals surface area contributed by atoms with Gasteiger partial charge < -0.3 is 0 Å². The van der Waals surface area contributed by atoms with Gasteiger partial charge in [0.2, 0.25) is 0 Å². The molecular weight excluding hydrogens is 264 g/mol. The molecule has 0 amide bonds.